The molecule has 132 valence electrons. The first kappa shape index (κ1) is 17.4. The molecule has 1 unspecified atom stereocenters. The molecule has 2 fully saturated rings. The van der Waals surface area contributed by atoms with Gasteiger partial charge in [-0.2, -0.15) is 0 Å². The largest absolute Gasteiger partial charge is 0.379 e. The SMILES string of the molecule is O=C1N(CCCc2ccccc2)CCCC1(O)CN1CCOCC1. The maximum Gasteiger partial charge on any atom is 0.255 e. The molecule has 1 N–H and O–H groups in total. The van der Waals surface area contributed by atoms with E-state index in [1.54, 1.807) is 0 Å². The van der Waals surface area contributed by atoms with Crippen molar-refractivity contribution in [3.05, 3.63) is 35.9 Å². The number of nitrogens with zero attached hydrogens (tertiary/aromatic N) is 2. The molecule has 1 aromatic carbocycles. The Labute approximate surface area is 144 Å². The fraction of sp³-hybridized carbons (Fsp3) is 0.632. The average molecular weight is 332 g/mol. The third kappa shape index (κ3) is 4.35. The Balaban J connectivity index is 1.51. The summed E-state index contributed by atoms with van der Waals surface area (Å²) in [6.07, 6.45) is 3.34. The molecule has 0 saturated carbocycles. The number of carbonyl (C=O) groups is 1. The predicted molar refractivity (Wildman–Crippen MR) is 92.8 cm³/mol. The summed E-state index contributed by atoms with van der Waals surface area (Å²) in [5, 5.41) is 10.9. The Morgan fingerprint density at radius 2 is 1.88 bits per heavy atom. The highest BCUT2D eigenvalue weighted by molar-refractivity contribution is 5.86. The molecule has 0 radical (unpaired) electrons. The van der Waals surface area contributed by atoms with Crippen LogP contribution in [0.4, 0.5) is 0 Å². The minimum atomic E-state index is -1.22. The van der Waals surface area contributed by atoms with Gasteiger partial charge in [0, 0.05) is 32.7 Å². The molecule has 3 rings (SSSR count). The lowest BCUT2D eigenvalue weighted by Crippen LogP contribution is -2.59. The Morgan fingerprint density at radius 1 is 1.12 bits per heavy atom. The molecule has 0 spiro atoms. The number of likely N-dealkylation sites (tertiary alicyclic amines) is 1. The Kier molecular flexibility index (Phi) is 5.87. The van der Waals surface area contributed by atoms with Gasteiger partial charge in [0.25, 0.3) is 5.91 Å². The maximum absolute atomic E-state index is 12.8. The van der Waals surface area contributed by atoms with Crippen LogP contribution < -0.4 is 0 Å². The van der Waals surface area contributed by atoms with Crippen molar-refractivity contribution in [1.29, 1.82) is 0 Å². The second kappa shape index (κ2) is 8.10. The summed E-state index contributed by atoms with van der Waals surface area (Å²) in [7, 11) is 0. The molecule has 5 heteroatoms. The van der Waals surface area contributed by atoms with Gasteiger partial charge in [0.2, 0.25) is 0 Å². The van der Waals surface area contributed by atoms with Crippen molar-refractivity contribution in [1.82, 2.24) is 9.80 Å². The summed E-state index contributed by atoms with van der Waals surface area (Å²) in [5.41, 5.74) is 0.0769. The highest BCUT2D eigenvalue weighted by atomic mass is 16.5. The van der Waals surface area contributed by atoms with E-state index >= 15 is 0 Å². The van der Waals surface area contributed by atoms with Crippen LogP contribution in [0.2, 0.25) is 0 Å². The van der Waals surface area contributed by atoms with Crippen LogP contribution in [0.25, 0.3) is 0 Å². The number of rotatable bonds is 6. The third-order valence-corrected chi connectivity index (χ3v) is 5.03. The normalized spacial score (nSPS) is 25.9. The van der Waals surface area contributed by atoms with Crippen LogP contribution in [0.15, 0.2) is 30.3 Å². The van der Waals surface area contributed by atoms with Crippen LogP contribution in [0.1, 0.15) is 24.8 Å². The molecule has 2 heterocycles. The van der Waals surface area contributed by atoms with E-state index < -0.39 is 5.60 Å². The van der Waals surface area contributed by atoms with E-state index in [4.69, 9.17) is 4.74 Å². The van der Waals surface area contributed by atoms with Gasteiger partial charge in [-0.25, -0.2) is 0 Å². The molecule has 2 aliphatic heterocycles. The van der Waals surface area contributed by atoms with Crippen LogP contribution in [0.3, 0.4) is 0 Å². The molecule has 0 bridgehead atoms. The Morgan fingerprint density at radius 3 is 2.62 bits per heavy atom. The summed E-state index contributed by atoms with van der Waals surface area (Å²) < 4.78 is 5.35. The summed E-state index contributed by atoms with van der Waals surface area (Å²) >= 11 is 0. The fourth-order valence-electron chi connectivity index (χ4n) is 3.67. The summed E-state index contributed by atoms with van der Waals surface area (Å²) in [4.78, 5) is 16.8. The minimum absolute atomic E-state index is 0.0895. The number of hydrogen-bond donors (Lipinski definition) is 1. The van der Waals surface area contributed by atoms with Crippen molar-refractivity contribution in [3.63, 3.8) is 0 Å². The second-order valence-corrected chi connectivity index (χ2v) is 6.91. The van der Waals surface area contributed by atoms with E-state index in [0.29, 0.717) is 26.2 Å². The highest BCUT2D eigenvalue weighted by Gasteiger charge is 2.43. The number of β-amino-alcohol motifs (C(OH)–C–C–N with tert-alkyl or cyclic N) is 1. The molecule has 24 heavy (non-hydrogen) atoms. The molecule has 2 saturated heterocycles. The lowest BCUT2D eigenvalue weighted by Gasteiger charge is -2.41. The van der Waals surface area contributed by atoms with Crippen LogP contribution in [-0.4, -0.2) is 72.4 Å². The number of hydrogen-bond acceptors (Lipinski definition) is 4. The zero-order chi connectivity index (χ0) is 16.8. The number of piperidine rings is 1. The van der Waals surface area contributed by atoms with Gasteiger partial charge < -0.3 is 14.7 Å². The number of benzene rings is 1. The lowest BCUT2D eigenvalue weighted by atomic mass is 9.90. The van der Waals surface area contributed by atoms with Gasteiger partial charge in [-0.1, -0.05) is 30.3 Å². The second-order valence-electron chi connectivity index (χ2n) is 6.91. The molecule has 0 aliphatic carbocycles. The van der Waals surface area contributed by atoms with E-state index in [0.717, 1.165) is 45.4 Å². The van der Waals surface area contributed by atoms with E-state index in [1.165, 1.54) is 5.56 Å². The number of ether oxygens (including phenoxy) is 1. The Bertz CT molecular complexity index is 531. The Hall–Kier alpha value is -1.43. The van der Waals surface area contributed by atoms with Gasteiger partial charge in [-0.3, -0.25) is 9.69 Å². The van der Waals surface area contributed by atoms with Crippen LogP contribution in [-0.2, 0) is 16.0 Å². The van der Waals surface area contributed by atoms with Crippen LogP contribution >= 0.6 is 0 Å². The van der Waals surface area contributed by atoms with Crippen molar-refractivity contribution in [2.45, 2.75) is 31.3 Å². The predicted octanol–water partition coefficient (Wildman–Crippen LogP) is 1.30. The topological polar surface area (TPSA) is 53.0 Å². The molecule has 2 aliphatic rings. The van der Waals surface area contributed by atoms with E-state index in [9.17, 15) is 9.90 Å². The molecule has 1 atom stereocenters. The number of aryl methyl sites for hydroxylation is 1. The number of amides is 1. The number of morpholine rings is 1. The monoisotopic (exact) mass is 332 g/mol. The van der Waals surface area contributed by atoms with Crippen LogP contribution in [0.5, 0.6) is 0 Å². The molecule has 0 aromatic heterocycles. The molecule has 5 nitrogen and oxygen atoms in total. The lowest BCUT2D eigenvalue weighted by molar-refractivity contribution is -0.160. The zero-order valence-corrected chi connectivity index (χ0v) is 14.3. The standard InChI is InChI=1S/C19H28N2O3/c22-18-19(23,16-20-12-14-24-15-13-20)9-5-11-21(18)10-4-8-17-6-2-1-3-7-17/h1-3,6-7,23H,4-5,8-16H2. The minimum Gasteiger partial charge on any atom is -0.379 e. The summed E-state index contributed by atoms with van der Waals surface area (Å²) in [6, 6.07) is 10.3. The number of aliphatic hydroxyl groups is 1. The number of carbonyl (C=O) groups excluding carboxylic acids is 1. The van der Waals surface area contributed by atoms with Crippen molar-refractivity contribution < 1.29 is 14.6 Å². The zero-order valence-electron chi connectivity index (χ0n) is 14.3. The van der Waals surface area contributed by atoms with Crippen molar-refractivity contribution in [2.24, 2.45) is 0 Å². The first-order chi connectivity index (χ1) is 11.7. The molecular formula is C19H28N2O3. The van der Waals surface area contributed by atoms with E-state index in [2.05, 4.69) is 17.0 Å². The molecule has 1 amide bonds. The van der Waals surface area contributed by atoms with Crippen LogP contribution in [0, 0.1) is 0 Å². The first-order valence-corrected chi connectivity index (χ1v) is 9.03. The van der Waals surface area contributed by atoms with Gasteiger partial charge in [-0.15, -0.1) is 0 Å². The van der Waals surface area contributed by atoms with Gasteiger partial charge in [0.1, 0.15) is 0 Å². The van der Waals surface area contributed by atoms with Gasteiger partial charge in [-0.05, 0) is 31.2 Å². The third-order valence-electron chi connectivity index (χ3n) is 5.03. The summed E-state index contributed by atoms with van der Waals surface area (Å²) in [5.74, 6) is -0.0895. The maximum atomic E-state index is 12.8. The van der Waals surface area contributed by atoms with E-state index in [-0.39, 0.29) is 5.91 Å². The smallest absolute Gasteiger partial charge is 0.255 e. The average Bonchev–Trinajstić information content (AvgIpc) is 2.61. The van der Waals surface area contributed by atoms with E-state index in [1.807, 2.05) is 23.1 Å². The van der Waals surface area contributed by atoms with Gasteiger partial charge >= 0.3 is 0 Å². The quantitative estimate of drug-likeness (QED) is 0.853. The van der Waals surface area contributed by atoms with Gasteiger partial charge in [0.05, 0.1) is 13.2 Å². The molecular weight excluding hydrogens is 304 g/mol. The van der Waals surface area contributed by atoms with Crippen molar-refractivity contribution >= 4 is 5.91 Å². The van der Waals surface area contributed by atoms with Crippen molar-refractivity contribution in [3.8, 4) is 0 Å². The first-order valence-electron chi connectivity index (χ1n) is 9.03. The van der Waals surface area contributed by atoms with Gasteiger partial charge in [0.15, 0.2) is 5.60 Å². The van der Waals surface area contributed by atoms with Crippen molar-refractivity contribution in [2.75, 3.05) is 45.9 Å². The molecule has 1 aromatic rings. The highest BCUT2D eigenvalue weighted by Crippen LogP contribution is 2.24. The summed E-state index contributed by atoms with van der Waals surface area (Å²) in [6.45, 7) is 4.88. The fourth-order valence-corrected chi connectivity index (χ4v) is 3.67.